The Morgan fingerprint density at radius 2 is 1.89 bits per heavy atom. The molecule has 4 rings (SSSR count). The van der Waals surface area contributed by atoms with Crippen molar-refractivity contribution in [2.75, 3.05) is 24.7 Å². The molecule has 0 unspecified atom stereocenters. The molecule has 5 nitrogen and oxygen atoms in total. The van der Waals surface area contributed by atoms with Crippen molar-refractivity contribution in [3.63, 3.8) is 0 Å². The smallest absolute Gasteiger partial charge is 0.175 e. The summed E-state index contributed by atoms with van der Waals surface area (Å²) in [7, 11) is -3.24. The predicted molar refractivity (Wildman–Crippen MR) is 112 cm³/mol. The summed E-state index contributed by atoms with van der Waals surface area (Å²) in [6, 6.07) is 10.5. The minimum absolute atomic E-state index is 0.0550. The topological polar surface area (TPSA) is 69.6 Å². The summed E-state index contributed by atoms with van der Waals surface area (Å²) in [5.74, 6) is 0. The Balaban J connectivity index is 1.67. The molecule has 1 aliphatic heterocycles. The number of likely N-dealkylation sites (tertiary alicyclic amines) is 1. The van der Waals surface area contributed by atoms with Crippen molar-refractivity contribution in [1.82, 2.24) is 4.90 Å². The van der Waals surface area contributed by atoms with Crippen molar-refractivity contribution in [3.8, 4) is 0 Å². The second-order valence-corrected chi connectivity index (χ2v) is 10.4. The van der Waals surface area contributed by atoms with Crippen LogP contribution in [0.15, 0.2) is 41.3 Å². The lowest BCUT2D eigenvalue weighted by atomic mass is 10.1. The third kappa shape index (κ3) is 3.89. The molecule has 0 saturated carbocycles. The van der Waals surface area contributed by atoms with Crippen molar-refractivity contribution < 1.29 is 13.5 Å². The average molecular weight is 441 g/mol. The molecule has 1 saturated heterocycles. The number of benzene rings is 2. The maximum absolute atomic E-state index is 11.7. The van der Waals surface area contributed by atoms with Crippen LogP contribution in [-0.2, 0) is 16.3 Å². The number of halogens is 2. The molecule has 1 fully saturated rings. The standard InChI is InChI=1S/C20H22Cl2N2O3S/c1-28(26,27)15-4-2-13(3-5-15)23-20-17-8-12(21)9-18(22)16(17)10-19(20)24-7-6-14(25)11-24/h2-5,8-9,14,19-20,23,25H,6-7,10-11H2,1H3/t14-,19+,20-/m1/s1. The highest BCUT2D eigenvalue weighted by Gasteiger charge is 2.40. The van der Waals surface area contributed by atoms with Gasteiger partial charge in [0.1, 0.15) is 0 Å². The molecule has 2 aromatic carbocycles. The van der Waals surface area contributed by atoms with Crippen molar-refractivity contribution in [1.29, 1.82) is 0 Å². The number of β-amino-alcohol motifs (C(OH)–C–C–N with tert-alkyl or cyclic N) is 1. The van der Waals surface area contributed by atoms with Gasteiger partial charge in [0.2, 0.25) is 0 Å². The minimum atomic E-state index is -3.24. The molecule has 1 aliphatic carbocycles. The summed E-state index contributed by atoms with van der Waals surface area (Å²) in [4.78, 5) is 2.58. The zero-order valence-corrected chi connectivity index (χ0v) is 17.7. The van der Waals surface area contributed by atoms with Crippen molar-refractivity contribution in [3.05, 3.63) is 57.6 Å². The second-order valence-electron chi connectivity index (χ2n) is 7.58. The summed E-state index contributed by atoms with van der Waals surface area (Å²) in [6.45, 7) is 1.46. The van der Waals surface area contributed by atoms with Crippen LogP contribution >= 0.6 is 23.2 Å². The fourth-order valence-corrected chi connectivity index (χ4v) is 5.43. The maximum Gasteiger partial charge on any atom is 0.175 e. The predicted octanol–water partition coefficient (Wildman–Crippen LogP) is 3.54. The van der Waals surface area contributed by atoms with E-state index in [0.29, 0.717) is 16.6 Å². The molecular formula is C20H22Cl2N2O3S. The quantitative estimate of drug-likeness (QED) is 0.760. The van der Waals surface area contributed by atoms with Gasteiger partial charge in [-0.2, -0.15) is 0 Å². The number of anilines is 1. The second kappa shape index (κ2) is 7.50. The van der Waals surface area contributed by atoms with E-state index in [1.165, 1.54) is 6.26 Å². The molecule has 0 amide bonds. The molecule has 1 heterocycles. The highest BCUT2D eigenvalue weighted by Crippen LogP contribution is 2.42. The van der Waals surface area contributed by atoms with E-state index in [-0.39, 0.29) is 23.1 Å². The number of rotatable bonds is 4. The van der Waals surface area contributed by atoms with Gasteiger partial charge in [0.25, 0.3) is 0 Å². The number of aliphatic hydroxyl groups excluding tert-OH is 1. The van der Waals surface area contributed by atoms with Gasteiger partial charge >= 0.3 is 0 Å². The van der Waals surface area contributed by atoms with Crippen LogP contribution in [0, 0.1) is 0 Å². The Morgan fingerprint density at radius 1 is 1.18 bits per heavy atom. The number of aliphatic hydroxyl groups is 1. The lowest BCUT2D eigenvalue weighted by Gasteiger charge is -2.31. The molecule has 0 radical (unpaired) electrons. The number of hydrogen-bond acceptors (Lipinski definition) is 5. The summed E-state index contributed by atoms with van der Waals surface area (Å²) in [5.41, 5.74) is 2.95. The monoisotopic (exact) mass is 440 g/mol. The summed E-state index contributed by atoms with van der Waals surface area (Å²) in [5, 5.41) is 14.8. The zero-order valence-electron chi connectivity index (χ0n) is 15.4. The molecule has 2 N–H and O–H groups in total. The molecule has 0 spiro atoms. The third-order valence-corrected chi connectivity index (χ3v) is 7.28. The van der Waals surface area contributed by atoms with Crippen LogP contribution in [0.2, 0.25) is 10.0 Å². The minimum Gasteiger partial charge on any atom is -0.392 e. The number of nitrogens with one attached hydrogen (secondary N) is 1. The molecule has 3 atom stereocenters. The van der Waals surface area contributed by atoms with E-state index >= 15 is 0 Å². The van der Waals surface area contributed by atoms with E-state index in [9.17, 15) is 13.5 Å². The Labute approximate surface area is 175 Å². The highest BCUT2D eigenvalue weighted by molar-refractivity contribution is 7.90. The SMILES string of the molecule is CS(=O)(=O)c1ccc(N[C@@H]2c3cc(Cl)cc(Cl)c3C[C@@H]2N2CC[C@@H](O)C2)cc1. The first-order chi connectivity index (χ1) is 13.2. The van der Waals surface area contributed by atoms with E-state index in [0.717, 1.165) is 36.2 Å². The first-order valence-corrected chi connectivity index (χ1v) is 11.8. The molecule has 8 heteroatoms. The fraction of sp³-hybridized carbons (Fsp3) is 0.400. The summed E-state index contributed by atoms with van der Waals surface area (Å²) >= 11 is 12.7. The van der Waals surface area contributed by atoms with Crippen LogP contribution in [0.5, 0.6) is 0 Å². The van der Waals surface area contributed by atoms with Gasteiger partial charge in [-0.3, -0.25) is 4.90 Å². The van der Waals surface area contributed by atoms with Gasteiger partial charge in [0.05, 0.1) is 17.0 Å². The molecule has 150 valence electrons. The highest BCUT2D eigenvalue weighted by atomic mass is 35.5. The molecule has 0 aromatic heterocycles. The van der Waals surface area contributed by atoms with Gasteiger partial charge < -0.3 is 10.4 Å². The summed E-state index contributed by atoms with van der Waals surface area (Å²) < 4.78 is 23.4. The van der Waals surface area contributed by atoms with Crippen LogP contribution in [0.3, 0.4) is 0 Å². The molecule has 2 aliphatic rings. The third-order valence-electron chi connectivity index (χ3n) is 5.60. The van der Waals surface area contributed by atoms with Gasteiger partial charge in [-0.25, -0.2) is 8.42 Å². The number of fused-ring (bicyclic) bond motifs is 1. The van der Waals surface area contributed by atoms with Crippen LogP contribution < -0.4 is 5.32 Å². The van der Waals surface area contributed by atoms with Crippen molar-refractivity contribution >= 4 is 38.7 Å². The molecular weight excluding hydrogens is 419 g/mol. The van der Waals surface area contributed by atoms with E-state index in [1.807, 2.05) is 6.07 Å². The van der Waals surface area contributed by atoms with Crippen LogP contribution in [0.4, 0.5) is 5.69 Å². The van der Waals surface area contributed by atoms with Crippen molar-refractivity contribution in [2.45, 2.75) is 35.9 Å². The zero-order chi connectivity index (χ0) is 20.1. The van der Waals surface area contributed by atoms with Crippen LogP contribution in [0.1, 0.15) is 23.6 Å². The fourth-order valence-electron chi connectivity index (χ4n) is 4.21. The Bertz CT molecular complexity index is 995. The number of hydrogen-bond donors (Lipinski definition) is 2. The van der Waals surface area contributed by atoms with Crippen LogP contribution in [-0.4, -0.2) is 49.9 Å². The normalized spacial score (nSPS) is 25.1. The van der Waals surface area contributed by atoms with Gasteiger partial charge in [-0.05, 0) is 60.4 Å². The van der Waals surface area contributed by atoms with Gasteiger partial charge in [-0.1, -0.05) is 23.2 Å². The van der Waals surface area contributed by atoms with E-state index < -0.39 is 9.84 Å². The Morgan fingerprint density at radius 3 is 2.50 bits per heavy atom. The molecule has 0 bridgehead atoms. The van der Waals surface area contributed by atoms with Gasteiger partial charge in [-0.15, -0.1) is 0 Å². The summed E-state index contributed by atoms with van der Waals surface area (Å²) in [6.07, 6.45) is 2.42. The molecule has 28 heavy (non-hydrogen) atoms. The lowest BCUT2D eigenvalue weighted by molar-refractivity contribution is 0.155. The first kappa shape index (κ1) is 20.0. The first-order valence-electron chi connectivity index (χ1n) is 9.19. The van der Waals surface area contributed by atoms with Gasteiger partial charge in [0.15, 0.2) is 9.84 Å². The van der Waals surface area contributed by atoms with E-state index in [1.54, 1.807) is 30.3 Å². The Hall–Kier alpha value is -1.31. The molecule has 2 aromatic rings. The van der Waals surface area contributed by atoms with E-state index in [2.05, 4.69) is 10.2 Å². The largest absolute Gasteiger partial charge is 0.392 e. The maximum atomic E-state index is 11.7. The lowest BCUT2D eigenvalue weighted by Crippen LogP contribution is -2.39. The average Bonchev–Trinajstić information content (AvgIpc) is 3.19. The van der Waals surface area contributed by atoms with E-state index in [4.69, 9.17) is 23.2 Å². The number of nitrogens with zero attached hydrogens (tertiary/aromatic N) is 1. The van der Waals surface area contributed by atoms with Gasteiger partial charge in [0, 0.05) is 41.1 Å². The number of sulfone groups is 1. The van der Waals surface area contributed by atoms with Crippen LogP contribution in [0.25, 0.3) is 0 Å². The van der Waals surface area contributed by atoms with Crippen molar-refractivity contribution in [2.24, 2.45) is 0 Å². The Kier molecular flexibility index (Phi) is 5.35.